The summed E-state index contributed by atoms with van der Waals surface area (Å²) in [6.45, 7) is 2.39. The second kappa shape index (κ2) is 4.60. The van der Waals surface area contributed by atoms with Gasteiger partial charge in [0.1, 0.15) is 0 Å². The van der Waals surface area contributed by atoms with Gasteiger partial charge in [-0.2, -0.15) is 0 Å². The number of rotatable bonds is 2. The Hall–Kier alpha value is -0.120. The van der Waals surface area contributed by atoms with Gasteiger partial charge >= 0.3 is 0 Å². The highest BCUT2D eigenvalue weighted by Crippen LogP contribution is 2.29. The van der Waals surface area contributed by atoms with E-state index >= 15 is 0 Å². The smallest absolute Gasteiger partial charge is 0.0960 e. The molecule has 1 saturated heterocycles. The second-order valence-corrected chi connectivity index (χ2v) is 5.05. The maximum Gasteiger partial charge on any atom is 0.0960 e. The van der Waals surface area contributed by atoms with Crippen LogP contribution >= 0.6 is 22.9 Å². The van der Waals surface area contributed by atoms with E-state index in [0.717, 1.165) is 5.69 Å². The van der Waals surface area contributed by atoms with Crippen LogP contribution in [0.25, 0.3) is 0 Å². The molecule has 0 unspecified atom stereocenters. The van der Waals surface area contributed by atoms with Gasteiger partial charge in [-0.1, -0.05) is 0 Å². The zero-order chi connectivity index (χ0) is 9.97. The van der Waals surface area contributed by atoms with E-state index in [-0.39, 0.29) is 0 Å². The molecule has 1 aromatic rings. The molecule has 1 fully saturated rings. The maximum absolute atomic E-state index is 5.74. The van der Waals surface area contributed by atoms with E-state index in [1.54, 1.807) is 11.3 Å². The highest BCUT2D eigenvalue weighted by Gasteiger charge is 2.20. The van der Waals surface area contributed by atoms with Crippen LogP contribution in [0, 0.1) is 0 Å². The Balaban J connectivity index is 2.01. The second-order valence-electron chi connectivity index (χ2n) is 3.89. The van der Waals surface area contributed by atoms with Crippen molar-refractivity contribution >= 4 is 22.9 Å². The Morgan fingerprint density at radius 1 is 1.57 bits per heavy atom. The quantitative estimate of drug-likeness (QED) is 0.727. The Morgan fingerprint density at radius 3 is 2.86 bits per heavy atom. The van der Waals surface area contributed by atoms with Crippen LogP contribution in [0.3, 0.4) is 0 Å². The first kappa shape index (κ1) is 10.4. The first-order valence-electron chi connectivity index (χ1n) is 4.98. The molecular formula is C10H15ClN2S. The average molecular weight is 231 g/mol. The maximum atomic E-state index is 5.74. The van der Waals surface area contributed by atoms with Gasteiger partial charge in [0, 0.05) is 11.3 Å². The minimum Gasteiger partial charge on any atom is -0.306 e. The molecule has 0 bridgehead atoms. The minimum absolute atomic E-state index is 0.545. The normalized spacial score (nSPS) is 20.1. The summed E-state index contributed by atoms with van der Waals surface area (Å²) in [7, 11) is 2.18. The van der Waals surface area contributed by atoms with Crippen LogP contribution in [0.2, 0.25) is 0 Å². The molecule has 14 heavy (non-hydrogen) atoms. The average Bonchev–Trinajstić information content (AvgIpc) is 2.67. The zero-order valence-corrected chi connectivity index (χ0v) is 9.94. The topological polar surface area (TPSA) is 16.1 Å². The summed E-state index contributed by atoms with van der Waals surface area (Å²) in [6, 6.07) is 0. The summed E-state index contributed by atoms with van der Waals surface area (Å²) < 4.78 is 0. The van der Waals surface area contributed by atoms with Gasteiger partial charge in [0.2, 0.25) is 0 Å². The van der Waals surface area contributed by atoms with E-state index in [4.69, 9.17) is 11.6 Å². The van der Waals surface area contributed by atoms with E-state index in [2.05, 4.69) is 22.3 Å². The molecule has 2 heterocycles. The van der Waals surface area contributed by atoms with Crippen molar-refractivity contribution in [3.05, 3.63) is 16.1 Å². The van der Waals surface area contributed by atoms with E-state index < -0.39 is 0 Å². The third-order valence-electron chi connectivity index (χ3n) is 2.77. The largest absolute Gasteiger partial charge is 0.306 e. The highest BCUT2D eigenvalue weighted by atomic mass is 35.5. The molecule has 0 radical (unpaired) electrons. The van der Waals surface area contributed by atoms with Crippen molar-refractivity contribution in [3.8, 4) is 0 Å². The van der Waals surface area contributed by atoms with Gasteiger partial charge in [0.05, 0.1) is 16.6 Å². The molecular weight excluding hydrogens is 216 g/mol. The molecule has 0 amide bonds. The summed E-state index contributed by atoms with van der Waals surface area (Å²) >= 11 is 7.51. The lowest BCUT2D eigenvalue weighted by molar-refractivity contribution is 0.255. The Kier molecular flexibility index (Phi) is 3.42. The lowest BCUT2D eigenvalue weighted by Gasteiger charge is -2.27. The van der Waals surface area contributed by atoms with Crippen LogP contribution in [0.4, 0.5) is 0 Å². The monoisotopic (exact) mass is 230 g/mol. The lowest BCUT2D eigenvalue weighted by Crippen LogP contribution is -2.29. The molecule has 0 saturated carbocycles. The van der Waals surface area contributed by atoms with Crippen molar-refractivity contribution in [3.63, 3.8) is 0 Å². The molecule has 2 rings (SSSR count). The number of thiazole rings is 1. The fourth-order valence-corrected chi connectivity index (χ4v) is 3.05. The Labute approximate surface area is 93.9 Å². The van der Waals surface area contributed by atoms with Gasteiger partial charge in [-0.25, -0.2) is 4.98 Å². The SMILES string of the molecule is CN1CCC(c2nc(CCl)cs2)CC1. The summed E-state index contributed by atoms with van der Waals surface area (Å²) in [4.78, 5) is 6.93. The number of likely N-dealkylation sites (tertiary alicyclic amines) is 1. The molecule has 1 aliphatic heterocycles. The van der Waals surface area contributed by atoms with Crippen LogP contribution in [-0.4, -0.2) is 30.0 Å². The van der Waals surface area contributed by atoms with Crippen molar-refractivity contribution in [1.29, 1.82) is 0 Å². The highest BCUT2D eigenvalue weighted by molar-refractivity contribution is 7.09. The predicted octanol–water partition coefficient (Wildman–Crippen LogP) is 2.69. The van der Waals surface area contributed by atoms with Gasteiger partial charge < -0.3 is 4.90 Å². The first-order valence-corrected chi connectivity index (χ1v) is 6.40. The number of aromatic nitrogens is 1. The third kappa shape index (κ3) is 2.27. The number of nitrogens with zero attached hydrogens (tertiary/aromatic N) is 2. The Morgan fingerprint density at radius 2 is 2.29 bits per heavy atom. The van der Waals surface area contributed by atoms with Crippen LogP contribution in [0.5, 0.6) is 0 Å². The lowest BCUT2D eigenvalue weighted by atomic mass is 9.98. The van der Waals surface area contributed by atoms with Gasteiger partial charge in [-0.05, 0) is 33.0 Å². The summed E-state index contributed by atoms with van der Waals surface area (Å²) in [6.07, 6.45) is 2.48. The molecule has 1 aliphatic rings. The van der Waals surface area contributed by atoms with Gasteiger partial charge in [0.25, 0.3) is 0 Å². The number of hydrogen-bond acceptors (Lipinski definition) is 3. The van der Waals surface area contributed by atoms with Crippen molar-refractivity contribution in [2.24, 2.45) is 0 Å². The molecule has 1 aromatic heterocycles. The van der Waals surface area contributed by atoms with Crippen LogP contribution in [0.15, 0.2) is 5.38 Å². The standard InChI is InChI=1S/C10H15ClN2S/c1-13-4-2-8(3-5-13)10-12-9(6-11)7-14-10/h7-8H,2-6H2,1H3. The molecule has 0 spiro atoms. The number of halogens is 1. The molecule has 0 aliphatic carbocycles. The summed E-state index contributed by atoms with van der Waals surface area (Å²) in [5.74, 6) is 1.22. The van der Waals surface area contributed by atoms with E-state index in [1.807, 2.05) is 0 Å². The van der Waals surface area contributed by atoms with Crippen molar-refractivity contribution in [1.82, 2.24) is 9.88 Å². The Bertz CT molecular complexity index is 292. The molecule has 2 nitrogen and oxygen atoms in total. The number of alkyl halides is 1. The minimum atomic E-state index is 0.545. The van der Waals surface area contributed by atoms with Gasteiger partial charge in [0.15, 0.2) is 0 Å². The number of piperidine rings is 1. The van der Waals surface area contributed by atoms with Gasteiger partial charge in [-0.3, -0.25) is 0 Å². The van der Waals surface area contributed by atoms with Gasteiger partial charge in [-0.15, -0.1) is 22.9 Å². The van der Waals surface area contributed by atoms with Crippen molar-refractivity contribution < 1.29 is 0 Å². The van der Waals surface area contributed by atoms with E-state index in [1.165, 1.54) is 30.9 Å². The van der Waals surface area contributed by atoms with Crippen LogP contribution < -0.4 is 0 Å². The zero-order valence-electron chi connectivity index (χ0n) is 8.37. The van der Waals surface area contributed by atoms with E-state index in [0.29, 0.717) is 11.8 Å². The number of hydrogen-bond donors (Lipinski definition) is 0. The molecule has 0 N–H and O–H groups in total. The summed E-state index contributed by atoms with van der Waals surface area (Å²) in [5, 5.41) is 3.37. The van der Waals surface area contributed by atoms with Crippen LogP contribution in [-0.2, 0) is 5.88 Å². The molecule has 0 atom stereocenters. The summed E-state index contributed by atoms with van der Waals surface area (Å²) in [5.41, 5.74) is 1.03. The predicted molar refractivity (Wildman–Crippen MR) is 61.1 cm³/mol. The van der Waals surface area contributed by atoms with Crippen LogP contribution in [0.1, 0.15) is 29.5 Å². The van der Waals surface area contributed by atoms with E-state index in [9.17, 15) is 0 Å². The fourth-order valence-electron chi connectivity index (χ4n) is 1.83. The molecule has 78 valence electrons. The fraction of sp³-hybridized carbons (Fsp3) is 0.700. The molecule has 4 heteroatoms. The first-order chi connectivity index (χ1) is 6.79. The molecule has 0 aromatic carbocycles. The third-order valence-corrected chi connectivity index (χ3v) is 4.10. The van der Waals surface area contributed by atoms with Crippen molar-refractivity contribution in [2.45, 2.75) is 24.6 Å². The van der Waals surface area contributed by atoms with Crippen molar-refractivity contribution in [2.75, 3.05) is 20.1 Å².